The summed E-state index contributed by atoms with van der Waals surface area (Å²) in [6, 6.07) is 0. The van der Waals surface area contributed by atoms with Crippen molar-refractivity contribution in [3.05, 3.63) is 0 Å². The van der Waals surface area contributed by atoms with Crippen LogP contribution in [0.2, 0.25) is 0 Å². The number of nitrogens with one attached hydrogen (secondary N) is 1. The second-order valence-electron chi connectivity index (χ2n) is 0.984. The van der Waals surface area contributed by atoms with Crippen molar-refractivity contribution in [1.82, 2.24) is 0 Å². The van der Waals surface area contributed by atoms with Crippen LogP contribution in [0.3, 0.4) is 0 Å². The highest BCUT2D eigenvalue weighted by atomic mass is 127. The summed E-state index contributed by atoms with van der Waals surface area (Å²) in [4.78, 5) is 0. The lowest BCUT2D eigenvalue weighted by atomic mass is 10.5. The zero-order chi connectivity index (χ0) is 5.15. The first-order valence-electron chi connectivity index (χ1n) is 1.48. The van der Waals surface area contributed by atoms with E-state index in [4.69, 9.17) is 17.0 Å². The lowest BCUT2D eigenvalue weighted by molar-refractivity contribution is 1.45. The molecule has 0 radical (unpaired) electrons. The van der Waals surface area contributed by atoms with Gasteiger partial charge < -0.3 is 5.41 Å². The number of rotatable bonds is 1. The van der Waals surface area contributed by atoms with E-state index in [1.807, 2.05) is 22.6 Å². The third-order valence-electron chi connectivity index (χ3n) is 0.327. The van der Waals surface area contributed by atoms with Crippen LogP contribution in [0.15, 0.2) is 0 Å². The predicted octanol–water partition coefficient (Wildman–Crippen LogP) is 2.03. The first-order chi connectivity index (χ1) is 2.64. The molecule has 1 unspecified atom stereocenters. The molecule has 0 saturated carbocycles. The summed E-state index contributed by atoms with van der Waals surface area (Å²) in [5.41, 5.74) is 0.511. The van der Waals surface area contributed by atoms with Gasteiger partial charge in [-0.1, -0.05) is 22.6 Å². The molecule has 0 bridgehead atoms. The predicted molar refractivity (Wildman–Crippen MR) is 37.1 cm³/mol. The van der Waals surface area contributed by atoms with E-state index in [0.29, 0.717) is 5.71 Å². The van der Waals surface area contributed by atoms with E-state index in [1.54, 1.807) is 6.92 Å². The van der Waals surface area contributed by atoms with Crippen molar-refractivity contribution in [2.75, 3.05) is 0 Å². The van der Waals surface area contributed by atoms with Crippen LogP contribution in [-0.2, 0) is 0 Å². The van der Waals surface area contributed by atoms with Gasteiger partial charge in [-0.05, 0) is 6.92 Å². The van der Waals surface area contributed by atoms with Crippen LogP contribution in [0.25, 0.3) is 0 Å². The Kier molecular flexibility index (Phi) is 3.12. The van der Waals surface area contributed by atoms with Gasteiger partial charge in [0.15, 0.2) is 0 Å². The van der Waals surface area contributed by atoms with Crippen molar-refractivity contribution >= 4 is 39.9 Å². The van der Waals surface area contributed by atoms with Gasteiger partial charge >= 0.3 is 0 Å². The van der Waals surface area contributed by atoms with Gasteiger partial charge in [-0.2, -0.15) is 0 Å². The molecule has 0 saturated heterocycles. The van der Waals surface area contributed by atoms with Crippen LogP contribution >= 0.6 is 34.2 Å². The summed E-state index contributed by atoms with van der Waals surface area (Å²) in [6.07, 6.45) is 0. The van der Waals surface area contributed by atoms with Crippen LogP contribution in [0, 0.1) is 5.41 Å². The molecule has 0 aromatic rings. The lowest BCUT2D eigenvalue weighted by Gasteiger charge is -1.90. The minimum Gasteiger partial charge on any atom is -0.308 e. The van der Waals surface area contributed by atoms with E-state index in [-0.39, 0.29) is 3.38 Å². The van der Waals surface area contributed by atoms with Gasteiger partial charge in [0.25, 0.3) is 0 Å². The maximum atomic E-state index is 6.81. The molecule has 3 heteroatoms. The monoisotopic (exact) mass is 217 g/mol. The maximum Gasteiger partial charge on any atom is 0.122 e. The number of hydrogen-bond acceptors (Lipinski definition) is 1. The van der Waals surface area contributed by atoms with Gasteiger partial charge in [0.2, 0.25) is 0 Å². The Morgan fingerprint density at radius 2 is 2.17 bits per heavy atom. The van der Waals surface area contributed by atoms with Crippen LogP contribution < -0.4 is 0 Å². The molecule has 0 heterocycles. The fourth-order valence-electron chi connectivity index (χ4n) is 0. The van der Waals surface area contributed by atoms with Crippen molar-refractivity contribution in [1.29, 1.82) is 5.41 Å². The van der Waals surface area contributed by atoms with Crippen LogP contribution in [-0.4, -0.2) is 9.10 Å². The van der Waals surface area contributed by atoms with Crippen molar-refractivity contribution < 1.29 is 0 Å². The van der Waals surface area contributed by atoms with Gasteiger partial charge in [0, 0.05) is 5.71 Å². The van der Waals surface area contributed by atoms with Crippen LogP contribution in [0.1, 0.15) is 6.92 Å². The van der Waals surface area contributed by atoms with E-state index in [2.05, 4.69) is 0 Å². The molecule has 1 nitrogen and oxygen atoms in total. The molecule has 0 aliphatic rings. The summed E-state index contributed by atoms with van der Waals surface area (Å²) in [7, 11) is 0. The Morgan fingerprint density at radius 3 is 2.17 bits per heavy atom. The van der Waals surface area contributed by atoms with E-state index in [0.717, 1.165) is 0 Å². The van der Waals surface area contributed by atoms with Crippen molar-refractivity contribution in [3.8, 4) is 0 Å². The van der Waals surface area contributed by atoms with Crippen molar-refractivity contribution in [3.63, 3.8) is 0 Å². The zero-order valence-electron chi connectivity index (χ0n) is 3.33. The number of halogens is 2. The average molecular weight is 217 g/mol. The Balaban J connectivity index is 3.26. The van der Waals surface area contributed by atoms with Gasteiger partial charge in [-0.25, -0.2) is 0 Å². The molecule has 0 amide bonds. The minimum atomic E-state index is -0.123. The van der Waals surface area contributed by atoms with Gasteiger partial charge in [0.1, 0.15) is 3.38 Å². The van der Waals surface area contributed by atoms with E-state index >= 15 is 0 Å². The first-order valence-corrected chi connectivity index (χ1v) is 3.16. The van der Waals surface area contributed by atoms with Gasteiger partial charge in [-0.15, -0.1) is 11.6 Å². The molecule has 6 heavy (non-hydrogen) atoms. The molecule has 0 rings (SSSR count). The zero-order valence-corrected chi connectivity index (χ0v) is 6.25. The highest BCUT2D eigenvalue weighted by Crippen LogP contribution is 2.05. The normalized spacial score (nSPS) is 13.8. The molecule has 0 aromatic carbocycles. The maximum absolute atomic E-state index is 6.81. The summed E-state index contributed by atoms with van der Waals surface area (Å²) >= 11 is 7.35. The second-order valence-corrected chi connectivity index (χ2v) is 3.40. The van der Waals surface area contributed by atoms with E-state index in [9.17, 15) is 0 Å². The Labute approximate surface area is 55.7 Å². The van der Waals surface area contributed by atoms with Crippen molar-refractivity contribution in [2.45, 2.75) is 10.3 Å². The molecule has 0 spiro atoms. The summed E-state index contributed by atoms with van der Waals surface area (Å²) in [6.45, 7) is 1.68. The molecule has 36 valence electrons. The minimum absolute atomic E-state index is 0.123. The smallest absolute Gasteiger partial charge is 0.122 e. The summed E-state index contributed by atoms with van der Waals surface area (Å²) < 4.78 is -0.123. The quantitative estimate of drug-likeness (QED) is 0.395. The Hall–Kier alpha value is 0.690. The summed E-state index contributed by atoms with van der Waals surface area (Å²) in [5, 5.41) is 6.81. The molecule has 0 fully saturated rings. The fourth-order valence-corrected chi connectivity index (χ4v) is 0. The average Bonchev–Trinajstić information content (AvgIpc) is 1.36. The van der Waals surface area contributed by atoms with Crippen molar-refractivity contribution in [2.24, 2.45) is 0 Å². The largest absolute Gasteiger partial charge is 0.308 e. The molecular weight excluding hydrogens is 212 g/mol. The van der Waals surface area contributed by atoms with Crippen LogP contribution in [0.4, 0.5) is 0 Å². The Morgan fingerprint density at radius 1 is 2.00 bits per heavy atom. The van der Waals surface area contributed by atoms with Crippen LogP contribution in [0.5, 0.6) is 0 Å². The number of alkyl halides is 2. The van der Waals surface area contributed by atoms with E-state index in [1.165, 1.54) is 0 Å². The molecule has 1 N–H and O–H groups in total. The van der Waals surface area contributed by atoms with E-state index < -0.39 is 0 Å². The molecule has 0 aliphatic heterocycles. The standard InChI is InChI=1S/C3H5ClIN/c1-2(6)3(4)5/h3,6H,1H3. The molecule has 1 atom stereocenters. The van der Waals surface area contributed by atoms with Gasteiger partial charge in [-0.3, -0.25) is 0 Å². The highest BCUT2D eigenvalue weighted by molar-refractivity contribution is 14.1. The highest BCUT2D eigenvalue weighted by Gasteiger charge is 1.95. The SMILES string of the molecule is CC(=N)C(Cl)I. The first kappa shape index (κ1) is 6.69. The number of hydrogen-bond donors (Lipinski definition) is 1. The molecule has 0 aliphatic carbocycles. The molecule has 0 aromatic heterocycles. The van der Waals surface area contributed by atoms with Gasteiger partial charge in [0.05, 0.1) is 0 Å². The Bertz CT molecular complexity index is 61.8. The lowest BCUT2D eigenvalue weighted by Crippen LogP contribution is -1.96. The third kappa shape index (κ3) is 2.90. The third-order valence-corrected chi connectivity index (χ3v) is 1.59. The molecular formula is C3H5ClIN. The second kappa shape index (κ2) is 2.80. The summed E-state index contributed by atoms with van der Waals surface area (Å²) in [5.74, 6) is 0. The fraction of sp³-hybridized carbons (Fsp3) is 0.667. The topological polar surface area (TPSA) is 23.9 Å².